The number of ether oxygens (including phenoxy) is 1. The lowest BCUT2D eigenvalue weighted by Crippen LogP contribution is -2.35. The van der Waals surface area contributed by atoms with Gasteiger partial charge in [-0.15, -0.1) is 0 Å². The topological polar surface area (TPSA) is 61.8 Å². The maximum atomic E-state index is 12.4. The Balaban J connectivity index is 1.62. The van der Waals surface area contributed by atoms with Gasteiger partial charge < -0.3 is 20.1 Å². The third-order valence-corrected chi connectivity index (χ3v) is 4.74. The molecule has 2 aromatic rings. The van der Waals surface area contributed by atoms with Crippen LogP contribution in [0.1, 0.15) is 15.9 Å². The SMILES string of the molecule is CN1CCOC[C@H](CNC(=O)c2ccc(-c3ccccc3CO)cc2)C1. The molecule has 1 fully saturated rings. The van der Waals surface area contributed by atoms with E-state index in [-0.39, 0.29) is 12.5 Å². The Morgan fingerprint density at radius 3 is 2.77 bits per heavy atom. The molecule has 2 N–H and O–H groups in total. The molecule has 1 saturated heterocycles. The zero-order valence-corrected chi connectivity index (χ0v) is 15.1. The monoisotopic (exact) mass is 354 g/mol. The fourth-order valence-electron chi connectivity index (χ4n) is 3.26. The van der Waals surface area contributed by atoms with Crippen molar-refractivity contribution in [3.05, 3.63) is 59.7 Å². The summed E-state index contributed by atoms with van der Waals surface area (Å²) in [6.07, 6.45) is 0. The third kappa shape index (κ3) is 4.69. The van der Waals surface area contributed by atoms with Crippen molar-refractivity contribution in [2.45, 2.75) is 6.61 Å². The number of likely N-dealkylation sites (N-methyl/N-ethyl adjacent to an activating group) is 1. The summed E-state index contributed by atoms with van der Waals surface area (Å²) in [5.41, 5.74) is 3.49. The molecule has 0 spiro atoms. The minimum Gasteiger partial charge on any atom is -0.392 e. The van der Waals surface area contributed by atoms with Gasteiger partial charge in [-0.1, -0.05) is 36.4 Å². The van der Waals surface area contributed by atoms with Crippen molar-refractivity contribution < 1.29 is 14.6 Å². The number of carbonyl (C=O) groups excluding carboxylic acids is 1. The first-order chi connectivity index (χ1) is 12.7. The van der Waals surface area contributed by atoms with E-state index >= 15 is 0 Å². The molecule has 1 atom stereocenters. The maximum absolute atomic E-state index is 12.4. The van der Waals surface area contributed by atoms with E-state index in [0.29, 0.717) is 24.6 Å². The quantitative estimate of drug-likeness (QED) is 0.864. The standard InChI is InChI=1S/C21H26N2O3/c1-23-10-11-26-15-16(13-23)12-22-21(25)18-8-6-17(7-9-18)20-5-3-2-4-19(20)14-24/h2-9,16,24H,10-15H2,1H3,(H,22,25)/t16-/m1/s1. The van der Waals surface area contributed by atoms with Gasteiger partial charge in [0.25, 0.3) is 5.91 Å². The summed E-state index contributed by atoms with van der Waals surface area (Å²) in [7, 11) is 2.08. The Kier molecular flexibility index (Phi) is 6.39. The van der Waals surface area contributed by atoms with Crippen LogP contribution in [0.4, 0.5) is 0 Å². The highest BCUT2D eigenvalue weighted by atomic mass is 16.5. The van der Waals surface area contributed by atoms with Crippen LogP contribution in [0.25, 0.3) is 11.1 Å². The van der Waals surface area contributed by atoms with Crippen molar-refractivity contribution in [1.29, 1.82) is 0 Å². The van der Waals surface area contributed by atoms with Gasteiger partial charge >= 0.3 is 0 Å². The van der Waals surface area contributed by atoms with Gasteiger partial charge in [-0.2, -0.15) is 0 Å². The molecule has 0 saturated carbocycles. The van der Waals surface area contributed by atoms with Gasteiger partial charge in [0, 0.05) is 31.1 Å². The van der Waals surface area contributed by atoms with Crippen LogP contribution in [0, 0.1) is 5.92 Å². The average Bonchev–Trinajstić information content (AvgIpc) is 2.90. The number of benzene rings is 2. The van der Waals surface area contributed by atoms with E-state index in [2.05, 4.69) is 17.3 Å². The number of aliphatic hydroxyl groups is 1. The van der Waals surface area contributed by atoms with E-state index in [0.717, 1.165) is 36.4 Å². The highest BCUT2D eigenvalue weighted by Crippen LogP contribution is 2.24. The Morgan fingerprint density at radius 2 is 2.00 bits per heavy atom. The van der Waals surface area contributed by atoms with Crippen molar-refractivity contribution >= 4 is 5.91 Å². The average molecular weight is 354 g/mol. The van der Waals surface area contributed by atoms with Crippen molar-refractivity contribution in [2.75, 3.05) is 39.9 Å². The van der Waals surface area contributed by atoms with Crippen LogP contribution in [-0.4, -0.2) is 55.8 Å². The second-order valence-electron chi connectivity index (χ2n) is 6.81. The molecule has 1 amide bonds. The number of hydrogen-bond donors (Lipinski definition) is 2. The fraction of sp³-hybridized carbons (Fsp3) is 0.381. The van der Waals surface area contributed by atoms with Crippen molar-refractivity contribution in [3.8, 4) is 11.1 Å². The normalized spacial score (nSPS) is 18.3. The first kappa shape index (κ1) is 18.6. The van der Waals surface area contributed by atoms with Gasteiger partial charge in [0.05, 0.1) is 19.8 Å². The predicted molar refractivity (Wildman–Crippen MR) is 102 cm³/mol. The van der Waals surface area contributed by atoms with Gasteiger partial charge in [0.1, 0.15) is 0 Å². The lowest BCUT2D eigenvalue weighted by molar-refractivity contribution is 0.0921. The molecule has 5 heteroatoms. The molecule has 0 radical (unpaired) electrons. The van der Waals surface area contributed by atoms with Gasteiger partial charge in [0.15, 0.2) is 0 Å². The maximum Gasteiger partial charge on any atom is 0.251 e. The molecule has 2 aromatic carbocycles. The molecule has 0 unspecified atom stereocenters. The van der Waals surface area contributed by atoms with Gasteiger partial charge in [0.2, 0.25) is 0 Å². The molecule has 1 aliphatic rings. The van der Waals surface area contributed by atoms with Crippen LogP contribution in [-0.2, 0) is 11.3 Å². The Bertz CT molecular complexity index is 730. The Labute approximate surface area is 154 Å². The van der Waals surface area contributed by atoms with Crippen LogP contribution >= 0.6 is 0 Å². The predicted octanol–water partition coefficient (Wildman–Crippen LogP) is 2.15. The number of aliphatic hydroxyl groups excluding tert-OH is 1. The summed E-state index contributed by atoms with van der Waals surface area (Å²) >= 11 is 0. The van der Waals surface area contributed by atoms with Crippen LogP contribution in [0.15, 0.2) is 48.5 Å². The summed E-state index contributed by atoms with van der Waals surface area (Å²) < 4.78 is 5.59. The van der Waals surface area contributed by atoms with Crippen LogP contribution in [0.5, 0.6) is 0 Å². The van der Waals surface area contributed by atoms with Crippen molar-refractivity contribution in [1.82, 2.24) is 10.2 Å². The van der Waals surface area contributed by atoms with Crippen molar-refractivity contribution in [3.63, 3.8) is 0 Å². The highest BCUT2D eigenvalue weighted by Gasteiger charge is 2.17. The van der Waals surface area contributed by atoms with Crippen LogP contribution in [0.2, 0.25) is 0 Å². The Hall–Kier alpha value is -2.21. The molecule has 0 aromatic heterocycles. The zero-order chi connectivity index (χ0) is 18.4. The van der Waals surface area contributed by atoms with Crippen LogP contribution < -0.4 is 5.32 Å². The molecular formula is C21H26N2O3. The third-order valence-electron chi connectivity index (χ3n) is 4.74. The highest BCUT2D eigenvalue weighted by molar-refractivity contribution is 5.94. The summed E-state index contributed by atoms with van der Waals surface area (Å²) in [5, 5.41) is 12.5. The first-order valence-corrected chi connectivity index (χ1v) is 9.01. The summed E-state index contributed by atoms with van der Waals surface area (Å²) in [5.74, 6) is 0.237. The summed E-state index contributed by atoms with van der Waals surface area (Å²) in [6.45, 7) is 3.90. The number of rotatable bonds is 5. The summed E-state index contributed by atoms with van der Waals surface area (Å²) in [6, 6.07) is 15.2. The molecular weight excluding hydrogens is 328 g/mol. The lowest BCUT2D eigenvalue weighted by atomic mass is 9.99. The molecule has 3 rings (SSSR count). The molecule has 0 aliphatic carbocycles. The number of nitrogens with one attached hydrogen (secondary N) is 1. The second kappa shape index (κ2) is 8.94. The van der Waals surface area contributed by atoms with Crippen LogP contribution in [0.3, 0.4) is 0 Å². The molecule has 0 bridgehead atoms. The Morgan fingerprint density at radius 1 is 1.23 bits per heavy atom. The fourth-order valence-corrected chi connectivity index (χ4v) is 3.26. The van der Waals surface area contributed by atoms with E-state index in [1.807, 2.05) is 48.5 Å². The van der Waals surface area contributed by atoms with E-state index < -0.39 is 0 Å². The number of carbonyl (C=O) groups is 1. The van der Waals surface area contributed by atoms with E-state index in [1.54, 1.807) is 0 Å². The number of nitrogens with zero attached hydrogens (tertiary/aromatic N) is 1. The molecule has 1 aliphatic heterocycles. The molecule has 1 heterocycles. The van der Waals surface area contributed by atoms with Gasteiger partial charge in [-0.3, -0.25) is 4.79 Å². The zero-order valence-electron chi connectivity index (χ0n) is 15.1. The minimum atomic E-state index is -0.0705. The molecule has 26 heavy (non-hydrogen) atoms. The second-order valence-corrected chi connectivity index (χ2v) is 6.81. The minimum absolute atomic E-state index is 0.00365. The van der Waals surface area contributed by atoms with Gasteiger partial charge in [-0.25, -0.2) is 0 Å². The van der Waals surface area contributed by atoms with Crippen molar-refractivity contribution in [2.24, 2.45) is 5.92 Å². The first-order valence-electron chi connectivity index (χ1n) is 9.01. The van der Waals surface area contributed by atoms with E-state index in [4.69, 9.17) is 4.74 Å². The lowest BCUT2D eigenvalue weighted by Gasteiger charge is -2.19. The molecule has 138 valence electrons. The number of amides is 1. The number of hydrogen-bond acceptors (Lipinski definition) is 4. The largest absolute Gasteiger partial charge is 0.392 e. The van der Waals surface area contributed by atoms with Gasteiger partial charge in [-0.05, 0) is 35.9 Å². The summed E-state index contributed by atoms with van der Waals surface area (Å²) in [4.78, 5) is 14.7. The van der Waals surface area contributed by atoms with E-state index in [1.165, 1.54) is 0 Å². The smallest absolute Gasteiger partial charge is 0.251 e. The van der Waals surface area contributed by atoms with E-state index in [9.17, 15) is 9.90 Å². The molecule has 5 nitrogen and oxygen atoms in total.